The minimum atomic E-state index is 1.12. The third-order valence-electron chi connectivity index (χ3n) is 7.65. The van der Waals surface area contributed by atoms with Gasteiger partial charge in [0.2, 0.25) is 0 Å². The predicted octanol–water partition coefficient (Wildman–Crippen LogP) is 8.63. The van der Waals surface area contributed by atoms with Gasteiger partial charge in [0.05, 0.1) is 26.2 Å². The van der Waals surface area contributed by atoms with Gasteiger partial charge in [-0.2, -0.15) is 0 Å². The maximum Gasteiger partial charge on any atom is 0.373 e. The third kappa shape index (κ3) is 10.8. The number of rotatable bonds is 23. The average Bonchev–Trinajstić information content (AvgIpc) is 3.47. The molecule has 0 saturated carbocycles. The summed E-state index contributed by atoms with van der Waals surface area (Å²) in [5.74, 6) is 2.86. The second kappa shape index (κ2) is 19.5. The molecule has 2 aromatic rings. The van der Waals surface area contributed by atoms with Crippen LogP contribution in [-0.2, 0) is 26.2 Å². The van der Waals surface area contributed by atoms with Gasteiger partial charge in [0.15, 0.2) is 0 Å². The van der Waals surface area contributed by atoms with Gasteiger partial charge < -0.3 is 0 Å². The van der Waals surface area contributed by atoms with Crippen LogP contribution in [0.25, 0.3) is 11.6 Å². The maximum absolute atomic E-state index is 2.57. The van der Waals surface area contributed by atoms with Crippen molar-refractivity contribution >= 4 is 0 Å². The highest BCUT2D eigenvalue weighted by atomic mass is 15.2. The zero-order chi connectivity index (χ0) is 25.8. The molecule has 0 fully saturated rings. The van der Waals surface area contributed by atoms with E-state index in [2.05, 4.69) is 70.8 Å². The van der Waals surface area contributed by atoms with E-state index in [4.69, 9.17) is 0 Å². The molecule has 0 radical (unpaired) electrons. The first kappa shape index (κ1) is 30.6. The van der Waals surface area contributed by atoms with E-state index in [0.717, 1.165) is 26.2 Å². The number of unbranched alkanes of at least 4 members (excludes halogenated alkanes) is 14. The topological polar surface area (TPSA) is 17.6 Å². The molecule has 2 heterocycles. The summed E-state index contributed by atoms with van der Waals surface area (Å²) >= 11 is 0. The largest absolute Gasteiger partial charge is 0.373 e. The van der Waals surface area contributed by atoms with Gasteiger partial charge in [-0.3, -0.25) is 0 Å². The zero-order valence-corrected chi connectivity index (χ0v) is 24.7. The van der Waals surface area contributed by atoms with Crippen molar-refractivity contribution in [2.45, 2.75) is 169 Å². The first-order chi connectivity index (χ1) is 17.8. The fourth-order valence-electron chi connectivity index (χ4n) is 5.31. The summed E-state index contributed by atoms with van der Waals surface area (Å²) in [7, 11) is 0. The summed E-state index contributed by atoms with van der Waals surface area (Å²) in [6.07, 6.45) is 33.5. The Bertz CT molecular complexity index is 788. The van der Waals surface area contributed by atoms with E-state index >= 15 is 0 Å². The summed E-state index contributed by atoms with van der Waals surface area (Å²) in [5.41, 5.74) is 0. The highest BCUT2D eigenvalue weighted by molar-refractivity contribution is 5.36. The molecule has 4 heteroatoms. The predicted molar refractivity (Wildman–Crippen MR) is 154 cm³/mol. The Morgan fingerprint density at radius 1 is 0.444 bits per heavy atom. The zero-order valence-electron chi connectivity index (χ0n) is 24.7. The van der Waals surface area contributed by atoms with E-state index in [1.54, 1.807) is 0 Å². The monoisotopic (exact) mass is 500 g/mol. The lowest BCUT2D eigenvalue weighted by atomic mass is 10.1. The van der Waals surface area contributed by atoms with Gasteiger partial charge in [-0.15, -0.1) is 0 Å². The van der Waals surface area contributed by atoms with Crippen molar-refractivity contribution in [3.05, 3.63) is 24.8 Å². The molecule has 0 amide bonds. The summed E-state index contributed by atoms with van der Waals surface area (Å²) in [6.45, 7) is 13.7. The Morgan fingerprint density at radius 2 is 0.778 bits per heavy atom. The second-order valence-electron chi connectivity index (χ2n) is 11.0. The van der Waals surface area contributed by atoms with Gasteiger partial charge in [0, 0.05) is 0 Å². The van der Waals surface area contributed by atoms with Crippen molar-refractivity contribution in [3.8, 4) is 11.6 Å². The lowest BCUT2D eigenvalue weighted by molar-refractivity contribution is -0.715. The van der Waals surface area contributed by atoms with Crippen molar-refractivity contribution < 1.29 is 9.13 Å². The van der Waals surface area contributed by atoms with Crippen molar-refractivity contribution in [3.63, 3.8) is 0 Å². The Hall–Kier alpha value is -1.58. The van der Waals surface area contributed by atoms with Crippen LogP contribution in [0.1, 0.15) is 143 Å². The standard InChI is InChI=1S/C32H60N4/c1-5-9-13-15-17-18-20-22-26-36-30-28-34(24-12-8-4)32(36)31-33(23-11-7-3)27-29-35(31)25-21-19-16-14-10-6-2/h27-30H,5-26H2,1-4H3/q+2. The highest BCUT2D eigenvalue weighted by Crippen LogP contribution is 2.17. The van der Waals surface area contributed by atoms with E-state index < -0.39 is 0 Å². The van der Waals surface area contributed by atoms with Crippen LogP contribution in [0.15, 0.2) is 24.8 Å². The smallest absolute Gasteiger partial charge is 0.223 e. The molecular weight excluding hydrogens is 440 g/mol. The number of aromatic nitrogens is 4. The number of hydrogen-bond donors (Lipinski definition) is 0. The molecule has 0 spiro atoms. The van der Waals surface area contributed by atoms with Gasteiger partial charge >= 0.3 is 11.6 Å². The van der Waals surface area contributed by atoms with Crippen LogP contribution in [0.2, 0.25) is 0 Å². The van der Waals surface area contributed by atoms with E-state index in [1.165, 1.54) is 127 Å². The molecule has 206 valence electrons. The van der Waals surface area contributed by atoms with Crippen LogP contribution in [-0.4, -0.2) is 9.13 Å². The lowest BCUT2D eigenvalue weighted by Crippen LogP contribution is -2.43. The van der Waals surface area contributed by atoms with Gasteiger partial charge in [-0.05, 0) is 38.5 Å². The van der Waals surface area contributed by atoms with Crippen LogP contribution >= 0.6 is 0 Å². The number of nitrogens with zero attached hydrogens (tertiary/aromatic N) is 4. The average molecular weight is 501 g/mol. The van der Waals surface area contributed by atoms with Crippen molar-refractivity contribution in [1.29, 1.82) is 0 Å². The first-order valence-corrected chi connectivity index (χ1v) is 15.9. The maximum atomic E-state index is 2.57. The lowest BCUT2D eigenvalue weighted by Gasteiger charge is -2.08. The molecule has 0 atom stereocenters. The molecule has 0 aliphatic carbocycles. The Kier molecular flexibility index (Phi) is 16.6. The molecule has 0 N–H and O–H groups in total. The molecule has 2 rings (SSSR count). The number of imidazole rings is 2. The van der Waals surface area contributed by atoms with Crippen LogP contribution in [0.5, 0.6) is 0 Å². The molecule has 0 bridgehead atoms. The first-order valence-electron chi connectivity index (χ1n) is 15.9. The van der Waals surface area contributed by atoms with Crippen LogP contribution in [0.4, 0.5) is 0 Å². The van der Waals surface area contributed by atoms with Crippen molar-refractivity contribution in [2.75, 3.05) is 0 Å². The summed E-state index contributed by atoms with van der Waals surface area (Å²) in [6, 6.07) is 0. The molecule has 4 nitrogen and oxygen atoms in total. The van der Waals surface area contributed by atoms with E-state index in [-0.39, 0.29) is 0 Å². The van der Waals surface area contributed by atoms with Crippen LogP contribution in [0.3, 0.4) is 0 Å². The normalized spacial score (nSPS) is 11.6. The van der Waals surface area contributed by atoms with Crippen molar-refractivity contribution in [1.82, 2.24) is 9.13 Å². The molecule has 0 aromatic carbocycles. The number of aryl methyl sites for hydroxylation is 4. The molecule has 0 aliphatic heterocycles. The minimum Gasteiger partial charge on any atom is -0.223 e. The molecule has 0 unspecified atom stereocenters. The Morgan fingerprint density at radius 3 is 1.14 bits per heavy atom. The quantitative estimate of drug-likeness (QED) is 0.107. The highest BCUT2D eigenvalue weighted by Gasteiger charge is 2.32. The third-order valence-corrected chi connectivity index (χ3v) is 7.65. The van der Waals surface area contributed by atoms with Gasteiger partial charge in [0.25, 0.3) is 0 Å². The second-order valence-corrected chi connectivity index (χ2v) is 11.0. The summed E-state index contributed by atoms with van der Waals surface area (Å²) < 4.78 is 10.2. The molecule has 0 aliphatic rings. The fourth-order valence-corrected chi connectivity index (χ4v) is 5.31. The van der Waals surface area contributed by atoms with Crippen LogP contribution in [0, 0.1) is 0 Å². The summed E-state index contributed by atoms with van der Waals surface area (Å²) in [4.78, 5) is 0. The van der Waals surface area contributed by atoms with Gasteiger partial charge in [-0.25, -0.2) is 18.3 Å². The number of hydrogen-bond acceptors (Lipinski definition) is 0. The van der Waals surface area contributed by atoms with E-state index in [0.29, 0.717) is 0 Å². The fraction of sp³-hybridized carbons (Fsp3) is 0.812. The SMILES string of the molecule is CCCCCCCCCC[n+]1ccn(CCCC)c1-c1n(CCCC)cc[n+]1CCCCCCCC. The molecular formula is C32H60N4+2. The minimum absolute atomic E-state index is 1.12. The Labute approximate surface area is 224 Å². The van der Waals surface area contributed by atoms with Crippen molar-refractivity contribution in [2.24, 2.45) is 0 Å². The molecule has 0 saturated heterocycles. The Balaban J connectivity index is 2.14. The molecule has 36 heavy (non-hydrogen) atoms. The summed E-state index contributed by atoms with van der Waals surface area (Å²) in [5, 5.41) is 0. The van der Waals surface area contributed by atoms with Gasteiger partial charge in [0.1, 0.15) is 24.8 Å². The van der Waals surface area contributed by atoms with Crippen LogP contribution < -0.4 is 9.13 Å². The van der Waals surface area contributed by atoms with E-state index in [1.807, 2.05) is 0 Å². The molecule has 2 aromatic heterocycles. The van der Waals surface area contributed by atoms with Gasteiger partial charge in [-0.1, -0.05) is 105 Å². The van der Waals surface area contributed by atoms with E-state index in [9.17, 15) is 0 Å².